The first-order chi connectivity index (χ1) is 13.7. The van der Waals surface area contributed by atoms with Gasteiger partial charge in [-0.1, -0.05) is 24.3 Å². The van der Waals surface area contributed by atoms with Crippen LogP contribution in [-0.2, 0) is 17.8 Å². The fourth-order valence-corrected chi connectivity index (χ4v) is 3.47. The molecule has 1 aliphatic rings. The quantitative estimate of drug-likeness (QED) is 0.576. The van der Waals surface area contributed by atoms with Gasteiger partial charge in [0, 0.05) is 25.4 Å². The second-order valence-corrected chi connectivity index (χ2v) is 7.50. The number of para-hydroxylation sites is 2. The van der Waals surface area contributed by atoms with E-state index in [-0.39, 0.29) is 11.8 Å². The molecule has 1 fully saturated rings. The summed E-state index contributed by atoms with van der Waals surface area (Å²) in [4.78, 5) is 16.7. The van der Waals surface area contributed by atoms with Crippen LogP contribution >= 0.6 is 0 Å². The van der Waals surface area contributed by atoms with Crippen molar-refractivity contribution >= 4 is 16.9 Å². The third kappa shape index (κ3) is 4.53. The minimum absolute atomic E-state index is 0.189. The summed E-state index contributed by atoms with van der Waals surface area (Å²) in [7, 11) is 0. The Hall–Kier alpha value is -2.82. The van der Waals surface area contributed by atoms with Gasteiger partial charge in [0.05, 0.1) is 17.6 Å². The van der Waals surface area contributed by atoms with Crippen molar-refractivity contribution in [3.8, 4) is 5.75 Å². The van der Waals surface area contributed by atoms with Gasteiger partial charge in [0.2, 0.25) is 5.91 Å². The summed E-state index contributed by atoms with van der Waals surface area (Å²) in [6, 6.07) is 16.3. The third-order valence-corrected chi connectivity index (χ3v) is 5.11. The van der Waals surface area contributed by atoms with Crippen LogP contribution in [0.25, 0.3) is 11.0 Å². The van der Waals surface area contributed by atoms with Crippen LogP contribution in [0.3, 0.4) is 0 Å². The van der Waals surface area contributed by atoms with E-state index in [9.17, 15) is 4.79 Å². The Kier molecular flexibility index (Phi) is 5.60. The molecule has 1 aromatic heterocycles. The van der Waals surface area contributed by atoms with Crippen LogP contribution in [0.4, 0.5) is 0 Å². The molecule has 2 aromatic carbocycles. The van der Waals surface area contributed by atoms with E-state index < -0.39 is 0 Å². The zero-order valence-electron chi connectivity index (χ0n) is 16.4. The molecule has 0 spiro atoms. The molecule has 0 saturated heterocycles. The van der Waals surface area contributed by atoms with Crippen LogP contribution < -0.4 is 10.1 Å². The molecule has 4 rings (SSSR count). The molecule has 5 heteroatoms. The van der Waals surface area contributed by atoms with Gasteiger partial charge in [-0.05, 0) is 56.0 Å². The first-order valence-electron chi connectivity index (χ1n) is 10.1. The molecule has 1 saturated carbocycles. The highest BCUT2D eigenvalue weighted by atomic mass is 16.5. The Morgan fingerprint density at radius 2 is 2.07 bits per heavy atom. The predicted molar refractivity (Wildman–Crippen MR) is 110 cm³/mol. The van der Waals surface area contributed by atoms with Crippen molar-refractivity contribution in [2.45, 2.75) is 39.2 Å². The number of nitrogens with one attached hydrogen (secondary N) is 1. The molecule has 1 aliphatic carbocycles. The normalized spacial score (nSPS) is 13.6. The second-order valence-electron chi connectivity index (χ2n) is 7.50. The first-order valence-corrected chi connectivity index (χ1v) is 10.1. The van der Waals surface area contributed by atoms with Crippen LogP contribution in [0.1, 0.15) is 30.7 Å². The van der Waals surface area contributed by atoms with E-state index in [1.165, 1.54) is 5.56 Å². The number of fused-ring (bicyclic) bond motifs is 1. The summed E-state index contributed by atoms with van der Waals surface area (Å²) in [5, 5.41) is 3.04. The summed E-state index contributed by atoms with van der Waals surface area (Å²) in [6.45, 7) is 4.21. The van der Waals surface area contributed by atoms with Crippen molar-refractivity contribution < 1.29 is 9.53 Å². The maximum atomic E-state index is 11.9. The Bertz CT molecular complexity index is 959. The number of carbonyl (C=O) groups excluding carboxylic acids is 1. The molecular formula is C23H27N3O2. The summed E-state index contributed by atoms with van der Waals surface area (Å²) >= 11 is 0. The van der Waals surface area contributed by atoms with Gasteiger partial charge in [-0.25, -0.2) is 4.98 Å². The SMILES string of the molecule is Cc1cccc(OCCCn2c(CCNC(=O)C3CC3)nc3ccccc32)c1. The lowest BCUT2D eigenvalue weighted by Gasteiger charge is -2.11. The van der Waals surface area contributed by atoms with Gasteiger partial charge in [0.15, 0.2) is 0 Å². The maximum absolute atomic E-state index is 11.9. The van der Waals surface area contributed by atoms with Gasteiger partial charge in [-0.3, -0.25) is 4.79 Å². The van der Waals surface area contributed by atoms with E-state index in [4.69, 9.17) is 9.72 Å². The van der Waals surface area contributed by atoms with Crippen LogP contribution in [0.15, 0.2) is 48.5 Å². The zero-order chi connectivity index (χ0) is 19.3. The molecule has 5 nitrogen and oxygen atoms in total. The summed E-state index contributed by atoms with van der Waals surface area (Å²) in [5.41, 5.74) is 3.35. The van der Waals surface area contributed by atoms with Crippen molar-refractivity contribution in [3.63, 3.8) is 0 Å². The lowest BCUT2D eigenvalue weighted by Crippen LogP contribution is -2.27. The van der Waals surface area contributed by atoms with Crippen molar-refractivity contribution in [1.29, 1.82) is 0 Å². The number of carbonyl (C=O) groups is 1. The smallest absolute Gasteiger partial charge is 0.223 e. The monoisotopic (exact) mass is 377 g/mol. The Morgan fingerprint density at radius 3 is 2.89 bits per heavy atom. The molecule has 1 N–H and O–H groups in total. The molecule has 0 radical (unpaired) electrons. The second kappa shape index (κ2) is 8.46. The number of rotatable bonds is 9. The van der Waals surface area contributed by atoms with Crippen molar-refractivity contribution in [2.24, 2.45) is 5.92 Å². The standard InChI is InChI=1S/C23H27N3O2/c1-17-6-4-7-19(16-17)28-15-5-14-26-21-9-3-2-8-20(21)25-22(26)12-13-24-23(27)18-10-11-18/h2-4,6-9,16,18H,5,10-15H2,1H3,(H,24,27). The number of imidazole rings is 1. The van der Waals surface area contributed by atoms with Crippen molar-refractivity contribution in [2.75, 3.05) is 13.2 Å². The van der Waals surface area contributed by atoms with Crippen LogP contribution in [0, 0.1) is 12.8 Å². The maximum Gasteiger partial charge on any atom is 0.223 e. The average molecular weight is 377 g/mol. The summed E-state index contributed by atoms with van der Waals surface area (Å²) in [5.74, 6) is 2.37. The number of hydrogen-bond donors (Lipinski definition) is 1. The fourth-order valence-electron chi connectivity index (χ4n) is 3.47. The highest BCUT2D eigenvalue weighted by Crippen LogP contribution is 2.28. The van der Waals surface area contributed by atoms with Gasteiger partial charge in [0.1, 0.15) is 11.6 Å². The van der Waals surface area contributed by atoms with Gasteiger partial charge < -0.3 is 14.6 Å². The molecule has 0 atom stereocenters. The minimum Gasteiger partial charge on any atom is -0.494 e. The van der Waals surface area contributed by atoms with Crippen LogP contribution in [0.5, 0.6) is 5.75 Å². The highest BCUT2D eigenvalue weighted by Gasteiger charge is 2.29. The average Bonchev–Trinajstić information content (AvgIpc) is 3.48. The van der Waals surface area contributed by atoms with Gasteiger partial charge in [-0.2, -0.15) is 0 Å². The van der Waals surface area contributed by atoms with Crippen molar-refractivity contribution in [3.05, 3.63) is 59.9 Å². The van der Waals surface area contributed by atoms with Gasteiger partial charge >= 0.3 is 0 Å². The van der Waals surface area contributed by atoms with E-state index in [1.807, 2.05) is 30.3 Å². The van der Waals surface area contributed by atoms with Crippen LogP contribution in [0.2, 0.25) is 0 Å². The topological polar surface area (TPSA) is 56.1 Å². The minimum atomic E-state index is 0.189. The lowest BCUT2D eigenvalue weighted by atomic mass is 10.2. The van der Waals surface area contributed by atoms with Gasteiger partial charge in [-0.15, -0.1) is 0 Å². The molecule has 1 amide bonds. The number of aryl methyl sites for hydroxylation is 2. The molecule has 1 heterocycles. The Balaban J connectivity index is 1.37. The zero-order valence-corrected chi connectivity index (χ0v) is 16.4. The first kappa shape index (κ1) is 18.5. The molecule has 28 heavy (non-hydrogen) atoms. The molecule has 146 valence electrons. The Morgan fingerprint density at radius 1 is 1.21 bits per heavy atom. The number of hydrogen-bond acceptors (Lipinski definition) is 3. The van der Waals surface area contributed by atoms with E-state index in [2.05, 4.69) is 35.0 Å². The molecule has 0 bridgehead atoms. The number of benzene rings is 2. The highest BCUT2D eigenvalue weighted by molar-refractivity contribution is 5.80. The molecule has 3 aromatic rings. The van der Waals surface area contributed by atoms with E-state index in [1.54, 1.807) is 0 Å². The summed E-state index contributed by atoms with van der Waals surface area (Å²) in [6.07, 6.45) is 3.71. The lowest BCUT2D eigenvalue weighted by molar-refractivity contribution is -0.122. The fraction of sp³-hybridized carbons (Fsp3) is 0.391. The number of ether oxygens (including phenoxy) is 1. The predicted octanol–water partition coefficient (Wildman–Crippen LogP) is 3.88. The summed E-state index contributed by atoms with van der Waals surface area (Å²) < 4.78 is 8.15. The van der Waals surface area contributed by atoms with E-state index in [0.717, 1.165) is 54.8 Å². The number of amides is 1. The Labute approximate surface area is 165 Å². The van der Waals surface area contributed by atoms with Crippen molar-refractivity contribution in [1.82, 2.24) is 14.9 Å². The van der Waals surface area contributed by atoms with E-state index in [0.29, 0.717) is 13.2 Å². The molecule has 0 unspecified atom stereocenters. The third-order valence-electron chi connectivity index (χ3n) is 5.11. The van der Waals surface area contributed by atoms with Gasteiger partial charge in [0.25, 0.3) is 0 Å². The number of nitrogens with zero attached hydrogens (tertiary/aromatic N) is 2. The van der Waals surface area contributed by atoms with E-state index >= 15 is 0 Å². The number of aromatic nitrogens is 2. The molecular weight excluding hydrogens is 350 g/mol. The molecule has 0 aliphatic heterocycles. The largest absolute Gasteiger partial charge is 0.494 e. The van der Waals surface area contributed by atoms with Crippen LogP contribution in [-0.4, -0.2) is 28.6 Å².